The SMILES string of the molecule is CC1(C)C(C(F)(F)F)CCN1CC1CO1. The number of likely N-dealkylation sites (tertiary alicyclic amines) is 1. The summed E-state index contributed by atoms with van der Waals surface area (Å²) < 4.78 is 43.2. The molecule has 0 N–H and O–H groups in total. The van der Waals surface area contributed by atoms with Crippen LogP contribution < -0.4 is 0 Å². The highest BCUT2D eigenvalue weighted by Crippen LogP contribution is 2.44. The number of rotatable bonds is 2. The molecule has 0 radical (unpaired) electrons. The van der Waals surface area contributed by atoms with E-state index in [0.717, 1.165) is 0 Å². The minimum absolute atomic E-state index is 0.163. The molecular formula is C10H16F3NO. The lowest BCUT2D eigenvalue weighted by atomic mass is 9.88. The van der Waals surface area contributed by atoms with Crippen molar-refractivity contribution in [3.63, 3.8) is 0 Å². The molecule has 2 atom stereocenters. The van der Waals surface area contributed by atoms with E-state index < -0.39 is 17.6 Å². The van der Waals surface area contributed by atoms with Crippen LogP contribution in [0.5, 0.6) is 0 Å². The van der Waals surface area contributed by atoms with E-state index in [-0.39, 0.29) is 12.5 Å². The summed E-state index contributed by atoms with van der Waals surface area (Å²) in [6, 6.07) is 0. The second kappa shape index (κ2) is 3.35. The first-order valence-electron chi connectivity index (χ1n) is 5.25. The molecule has 0 aromatic rings. The fourth-order valence-corrected chi connectivity index (χ4v) is 2.46. The number of halogens is 3. The first kappa shape index (κ1) is 11.2. The van der Waals surface area contributed by atoms with Gasteiger partial charge in [0.05, 0.1) is 18.6 Å². The third kappa shape index (κ3) is 2.13. The van der Waals surface area contributed by atoms with Gasteiger partial charge in [0.25, 0.3) is 0 Å². The number of hydrogen-bond acceptors (Lipinski definition) is 2. The molecule has 88 valence electrons. The zero-order valence-electron chi connectivity index (χ0n) is 8.97. The lowest BCUT2D eigenvalue weighted by Gasteiger charge is -2.36. The maximum atomic E-state index is 12.7. The van der Waals surface area contributed by atoms with Crippen LogP contribution in [0.4, 0.5) is 13.2 Å². The second-order valence-electron chi connectivity index (χ2n) is 4.94. The normalized spacial score (nSPS) is 35.8. The van der Waals surface area contributed by atoms with Gasteiger partial charge in [-0.25, -0.2) is 0 Å². The molecule has 15 heavy (non-hydrogen) atoms. The maximum Gasteiger partial charge on any atom is 0.393 e. The van der Waals surface area contributed by atoms with Gasteiger partial charge in [-0.15, -0.1) is 0 Å². The molecule has 0 aromatic carbocycles. The Morgan fingerprint density at radius 1 is 1.40 bits per heavy atom. The molecular weight excluding hydrogens is 207 g/mol. The minimum atomic E-state index is -4.08. The van der Waals surface area contributed by atoms with Crippen LogP contribution in [0.1, 0.15) is 20.3 Å². The van der Waals surface area contributed by atoms with E-state index in [9.17, 15) is 13.2 Å². The predicted octanol–water partition coefficient (Wildman–Crippen LogP) is 2.05. The molecule has 2 rings (SSSR count). The molecule has 0 amide bonds. The minimum Gasteiger partial charge on any atom is -0.372 e. The molecule has 0 spiro atoms. The van der Waals surface area contributed by atoms with Gasteiger partial charge in [-0.2, -0.15) is 13.2 Å². The van der Waals surface area contributed by atoms with Crippen molar-refractivity contribution >= 4 is 0 Å². The summed E-state index contributed by atoms with van der Waals surface area (Å²) in [5.74, 6) is -1.20. The zero-order chi connectivity index (χ0) is 11.3. The summed E-state index contributed by atoms with van der Waals surface area (Å²) in [6.07, 6.45) is -3.71. The molecule has 2 unspecified atom stereocenters. The summed E-state index contributed by atoms with van der Waals surface area (Å²) in [6.45, 7) is 5.22. The molecule has 2 fully saturated rings. The number of nitrogens with zero attached hydrogens (tertiary/aromatic N) is 1. The van der Waals surface area contributed by atoms with Crippen molar-refractivity contribution in [2.45, 2.75) is 38.1 Å². The van der Waals surface area contributed by atoms with E-state index in [1.54, 1.807) is 13.8 Å². The Hall–Kier alpha value is -0.290. The van der Waals surface area contributed by atoms with Crippen molar-refractivity contribution in [2.24, 2.45) is 5.92 Å². The molecule has 2 nitrogen and oxygen atoms in total. The summed E-state index contributed by atoms with van der Waals surface area (Å²) >= 11 is 0. The van der Waals surface area contributed by atoms with Gasteiger partial charge in [0, 0.05) is 12.1 Å². The molecule has 2 aliphatic rings. The van der Waals surface area contributed by atoms with Crippen molar-refractivity contribution in [1.82, 2.24) is 4.90 Å². The van der Waals surface area contributed by atoms with E-state index in [0.29, 0.717) is 19.7 Å². The van der Waals surface area contributed by atoms with Gasteiger partial charge < -0.3 is 4.74 Å². The van der Waals surface area contributed by atoms with E-state index in [4.69, 9.17) is 4.74 Å². The van der Waals surface area contributed by atoms with Gasteiger partial charge in [-0.1, -0.05) is 0 Å². The molecule has 2 aliphatic heterocycles. The Kier molecular flexibility index (Phi) is 2.50. The fraction of sp³-hybridized carbons (Fsp3) is 1.00. The highest BCUT2D eigenvalue weighted by atomic mass is 19.4. The Balaban J connectivity index is 2.05. The van der Waals surface area contributed by atoms with Crippen molar-refractivity contribution in [2.75, 3.05) is 19.7 Å². The maximum absolute atomic E-state index is 12.7. The van der Waals surface area contributed by atoms with E-state index in [1.807, 2.05) is 4.90 Å². The van der Waals surface area contributed by atoms with E-state index in [2.05, 4.69) is 0 Å². The van der Waals surface area contributed by atoms with Crippen LogP contribution >= 0.6 is 0 Å². The summed E-state index contributed by atoms with van der Waals surface area (Å²) in [7, 11) is 0. The number of hydrogen-bond donors (Lipinski definition) is 0. The largest absolute Gasteiger partial charge is 0.393 e. The van der Waals surface area contributed by atoms with E-state index in [1.165, 1.54) is 0 Å². The number of ether oxygens (including phenoxy) is 1. The van der Waals surface area contributed by atoms with Crippen LogP contribution in [-0.2, 0) is 4.74 Å². The standard InChI is InChI=1S/C10H16F3NO/c1-9(2)8(10(11,12)13)3-4-14(9)5-7-6-15-7/h7-8H,3-6H2,1-2H3. The van der Waals surface area contributed by atoms with Crippen molar-refractivity contribution < 1.29 is 17.9 Å². The molecule has 0 saturated carbocycles. The van der Waals surface area contributed by atoms with Gasteiger partial charge in [-0.05, 0) is 26.8 Å². The molecule has 2 heterocycles. The van der Waals surface area contributed by atoms with Gasteiger partial charge >= 0.3 is 6.18 Å². The van der Waals surface area contributed by atoms with Crippen LogP contribution in [0.3, 0.4) is 0 Å². The Morgan fingerprint density at radius 3 is 2.40 bits per heavy atom. The highest BCUT2D eigenvalue weighted by Gasteiger charge is 2.55. The van der Waals surface area contributed by atoms with Gasteiger partial charge in [0.1, 0.15) is 0 Å². The number of epoxide rings is 1. The van der Waals surface area contributed by atoms with Crippen LogP contribution in [0.15, 0.2) is 0 Å². The van der Waals surface area contributed by atoms with Gasteiger partial charge in [0.2, 0.25) is 0 Å². The van der Waals surface area contributed by atoms with Gasteiger partial charge in [-0.3, -0.25) is 4.90 Å². The molecule has 0 aromatic heterocycles. The monoisotopic (exact) mass is 223 g/mol. The second-order valence-corrected chi connectivity index (χ2v) is 4.94. The van der Waals surface area contributed by atoms with Crippen LogP contribution in [0.2, 0.25) is 0 Å². The lowest BCUT2D eigenvalue weighted by molar-refractivity contribution is -0.191. The zero-order valence-corrected chi connectivity index (χ0v) is 8.97. The van der Waals surface area contributed by atoms with Crippen molar-refractivity contribution in [3.05, 3.63) is 0 Å². The van der Waals surface area contributed by atoms with Gasteiger partial charge in [0.15, 0.2) is 0 Å². The number of alkyl halides is 3. The summed E-state index contributed by atoms with van der Waals surface area (Å²) in [4.78, 5) is 1.91. The average molecular weight is 223 g/mol. The smallest absolute Gasteiger partial charge is 0.372 e. The average Bonchev–Trinajstić information content (AvgIpc) is 2.77. The van der Waals surface area contributed by atoms with Crippen molar-refractivity contribution in [3.8, 4) is 0 Å². The topological polar surface area (TPSA) is 15.8 Å². The van der Waals surface area contributed by atoms with E-state index >= 15 is 0 Å². The third-order valence-electron chi connectivity index (χ3n) is 3.58. The fourth-order valence-electron chi connectivity index (χ4n) is 2.46. The summed E-state index contributed by atoms with van der Waals surface area (Å²) in [5, 5.41) is 0. The highest BCUT2D eigenvalue weighted by molar-refractivity contribution is 4.99. The molecule has 0 aliphatic carbocycles. The molecule has 5 heteroatoms. The predicted molar refractivity (Wildman–Crippen MR) is 49.6 cm³/mol. The first-order chi connectivity index (χ1) is 6.82. The first-order valence-corrected chi connectivity index (χ1v) is 5.25. The Labute approximate surface area is 87.4 Å². The van der Waals surface area contributed by atoms with Crippen LogP contribution in [0, 0.1) is 5.92 Å². The Bertz CT molecular complexity index is 248. The van der Waals surface area contributed by atoms with Crippen LogP contribution in [0.25, 0.3) is 0 Å². The lowest BCUT2D eigenvalue weighted by Crippen LogP contribution is -2.48. The Morgan fingerprint density at radius 2 is 2.00 bits per heavy atom. The summed E-state index contributed by atoms with van der Waals surface area (Å²) in [5.41, 5.74) is -0.787. The molecule has 0 bridgehead atoms. The third-order valence-corrected chi connectivity index (χ3v) is 3.58. The quantitative estimate of drug-likeness (QED) is 0.666. The molecule has 2 saturated heterocycles. The van der Waals surface area contributed by atoms with Crippen molar-refractivity contribution in [1.29, 1.82) is 0 Å². The van der Waals surface area contributed by atoms with Crippen LogP contribution in [-0.4, -0.2) is 42.4 Å².